The Morgan fingerprint density at radius 1 is 0.741 bits per heavy atom. The van der Waals surface area contributed by atoms with Crippen molar-refractivity contribution in [3.63, 3.8) is 0 Å². The standard InChI is InChI=1S/C23H18Cl2N2/c1-14-11-12-17(13-15(14)2)22-21(16-7-4-3-5-8-16)26-23(27-22)20-18(24)9-6-10-19(20)25/h3-13H,1-2H3,(H,26,27). The van der Waals surface area contributed by atoms with Crippen molar-refractivity contribution < 1.29 is 0 Å². The molecule has 1 N–H and O–H groups in total. The van der Waals surface area contributed by atoms with Crippen LogP contribution in [0.1, 0.15) is 11.1 Å². The highest BCUT2D eigenvalue weighted by Gasteiger charge is 2.18. The van der Waals surface area contributed by atoms with Crippen molar-refractivity contribution >= 4 is 23.2 Å². The van der Waals surface area contributed by atoms with Gasteiger partial charge in [0.1, 0.15) is 5.82 Å². The van der Waals surface area contributed by atoms with Gasteiger partial charge in [0.05, 0.1) is 27.0 Å². The Bertz CT molecular complexity index is 1090. The van der Waals surface area contributed by atoms with Crippen LogP contribution in [0.4, 0.5) is 0 Å². The maximum absolute atomic E-state index is 6.42. The monoisotopic (exact) mass is 392 g/mol. The smallest absolute Gasteiger partial charge is 0.141 e. The van der Waals surface area contributed by atoms with Crippen LogP contribution in [-0.2, 0) is 0 Å². The van der Waals surface area contributed by atoms with Crippen LogP contribution in [0, 0.1) is 13.8 Å². The van der Waals surface area contributed by atoms with E-state index in [0.717, 1.165) is 22.5 Å². The lowest BCUT2D eigenvalue weighted by Crippen LogP contribution is -1.87. The van der Waals surface area contributed by atoms with Crippen molar-refractivity contribution in [2.45, 2.75) is 13.8 Å². The maximum atomic E-state index is 6.42. The number of H-pyrrole nitrogens is 1. The number of imidazole rings is 1. The van der Waals surface area contributed by atoms with E-state index in [9.17, 15) is 0 Å². The van der Waals surface area contributed by atoms with Gasteiger partial charge in [0.25, 0.3) is 0 Å². The summed E-state index contributed by atoms with van der Waals surface area (Å²) in [6.07, 6.45) is 0. The Morgan fingerprint density at radius 2 is 1.44 bits per heavy atom. The molecular weight excluding hydrogens is 375 g/mol. The number of nitrogens with zero attached hydrogens (tertiary/aromatic N) is 1. The van der Waals surface area contributed by atoms with Crippen LogP contribution < -0.4 is 0 Å². The molecule has 0 aliphatic rings. The molecule has 0 amide bonds. The second kappa shape index (κ2) is 7.22. The first kappa shape index (κ1) is 17.8. The number of aromatic amines is 1. The summed E-state index contributed by atoms with van der Waals surface area (Å²) in [7, 11) is 0. The second-order valence-electron chi connectivity index (χ2n) is 6.57. The van der Waals surface area contributed by atoms with E-state index in [1.54, 1.807) is 0 Å². The van der Waals surface area contributed by atoms with Gasteiger partial charge in [-0.1, -0.05) is 71.7 Å². The number of aryl methyl sites for hydroxylation is 2. The van der Waals surface area contributed by atoms with Gasteiger partial charge >= 0.3 is 0 Å². The van der Waals surface area contributed by atoms with Gasteiger partial charge in [0.2, 0.25) is 0 Å². The zero-order chi connectivity index (χ0) is 19.0. The summed E-state index contributed by atoms with van der Waals surface area (Å²) in [6.45, 7) is 4.22. The Kier molecular flexibility index (Phi) is 4.77. The third-order valence-corrected chi connectivity index (χ3v) is 5.38. The van der Waals surface area contributed by atoms with E-state index in [-0.39, 0.29) is 0 Å². The van der Waals surface area contributed by atoms with E-state index in [4.69, 9.17) is 28.2 Å². The van der Waals surface area contributed by atoms with Gasteiger partial charge in [-0.15, -0.1) is 0 Å². The first-order valence-corrected chi connectivity index (χ1v) is 9.47. The van der Waals surface area contributed by atoms with Crippen LogP contribution in [0.3, 0.4) is 0 Å². The molecule has 1 aromatic heterocycles. The predicted octanol–water partition coefficient (Wildman–Crippen LogP) is 7.33. The molecule has 3 aromatic carbocycles. The Balaban J connectivity index is 1.97. The fraction of sp³-hybridized carbons (Fsp3) is 0.0870. The van der Waals surface area contributed by atoms with E-state index in [1.165, 1.54) is 11.1 Å². The average Bonchev–Trinajstić information content (AvgIpc) is 3.09. The zero-order valence-electron chi connectivity index (χ0n) is 15.1. The van der Waals surface area contributed by atoms with Gasteiger partial charge in [-0.25, -0.2) is 4.98 Å². The molecule has 0 radical (unpaired) electrons. The van der Waals surface area contributed by atoms with E-state index in [0.29, 0.717) is 21.4 Å². The largest absolute Gasteiger partial charge is 0.337 e. The quantitative estimate of drug-likeness (QED) is 0.388. The lowest BCUT2D eigenvalue weighted by atomic mass is 10.0. The molecule has 1 heterocycles. The lowest BCUT2D eigenvalue weighted by Gasteiger charge is -2.06. The Labute approximate surface area is 168 Å². The highest BCUT2D eigenvalue weighted by molar-refractivity contribution is 6.39. The highest BCUT2D eigenvalue weighted by atomic mass is 35.5. The van der Waals surface area contributed by atoms with Crippen LogP contribution in [0.5, 0.6) is 0 Å². The summed E-state index contributed by atoms with van der Waals surface area (Å²) in [5, 5.41) is 1.14. The fourth-order valence-electron chi connectivity index (χ4n) is 3.13. The van der Waals surface area contributed by atoms with Crippen molar-refractivity contribution in [3.8, 4) is 33.9 Å². The third kappa shape index (κ3) is 3.39. The van der Waals surface area contributed by atoms with Crippen molar-refractivity contribution in [2.75, 3.05) is 0 Å². The number of nitrogens with one attached hydrogen (secondary N) is 1. The first-order valence-electron chi connectivity index (χ1n) is 8.72. The summed E-state index contributed by atoms with van der Waals surface area (Å²) >= 11 is 12.8. The summed E-state index contributed by atoms with van der Waals surface area (Å²) in [6, 6.07) is 22.0. The van der Waals surface area contributed by atoms with Crippen LogP contribution in [0.2, 0.25) is 10.0 Å². The molecule has 0 spiro atoms. The van der Waals surface area contributed by atoms with Crippen molar-refractivity contribution in [1.29, 1.82) is 0 Å². The van der Waals surface area contributed by atoms with Crippen LogP contribution >= 0.6 is 23.2 Å². The second-order valence-corrected chi connectivity index (χ2v) is 7.39. The zero-order valence-corrected chi connectivity index (χ0v) is 16.6. The first-order chi connectivity index (χ1) is 13.0. The molecule has 0 bridgehead atoms. The molecule has 0 saturated heterocycles. The normalized spacial score (nSPS) is 11.0. The molecule has 0 saturated carbocycles. The van der Waals surface area contributed by atoms with E-state index in [1.807, 2.05) is 36.4 Å². The number of halogens is 2. The molecule has 0 atom stereocenters. The molecule has 0 aliphatic carbocycles. The number of aromatic nitrogens is 2. The molecular formula is C23H18Cl2N2. The molecule has 0 fully saturated rings. The van der Waals surface area contributed by atoms with E-state index >= 15 is 0 Å². The summed E-state index contributed by atoms with van der Waals surface area (Å²) < 4.78 is 0. The topological polar surface area (TPSA) is 28.7 Å². The molecule has 0 aliphatic heterocycles. The molecule has 27 heavy (non-hydrogen) atoms. The SMILES string of the molecule is Cc1ccc(-c2nc(-c3c(Cl)cccc3Cl)[nH]c2-c2ccccc2)cc1C. The van der Waals surface area contributed by atoms with Crippen molar-refractivity contribution in [2.24, 2.45) is 0 Å². The summed E-state index contributed by atoms with van der Waals surface area (Å²) in [5.41, 5.74) is 7.15. The van der Waals surface area contributed by atoms with Gasteiger partial charge in [0, 0.05) is 11.1 Å². The number of hydrogen-bond donors (Lipinski definition) is 1. The third-order valence-electron chi connectivity index (χ3n) is 4.75. The van der Waals surface area contributed by atoms with E-state index in [2.05, 4.69) is 49.2 Å². The molecule has 4 rings (SSSR count). The number of benzene rings is 3. The minimum absolute atomic E-state index is 0.572. The van der Waals surface area contributed by atoms with Crippen LogP contribution in [0.15, 0.2) is 66.7 Å². The van der Waals surface area contributed by atoms with Gasteiger partial charge in [-0.05, 0) is 43.2 Å². The minimum Gasteiger partial charge on any atom is -0.337 e. The molecule has 4 heteroatoms. The summed E-state index contributed by atoms with van der Waals surface area (Å²) in [4.78, 5) is 8.34. The van der Waals surface area contributed by atoms with Crippen molar-refractivity contribution in [3.05, 3.63) is 87.9 Å². The molecule has 0 unspecified atom stereocenters. The Hall–Kier alpha value is -2.55. The molecule has 4 aromatic rings. The number of hydrogen-bond acceptors (Lipinski definition) is 1. The molecule has 2 nitrogen and oxygen atoms in total. The summed E-state index contributed by atoms with van der Waals surface area (Å²) in [5.74, 6) is 0.665. The molecule has 134 valence electrons. The number of rotatable bonds is 3. The van der Waals surface area contributed by atoms with Gasteiger partial charge in [-0.3, -0.25) is 0 Å². The van der Waals surface area contributed by atoms with Gasteiger partial charge in [-0.2, -0.15) is 0 Å². The lowest BCUT2D eigenvalue weighted by molar-refractivity contribution is 1.30. The predicted molar refractivity (Wildman–Crippen MR) is 114 cm³/mol. The highest BCUT2D eigenvalue weighted by Crippen LogP contribution is 2.38. The van der Waals surface area contributed by atoms with E-state index < -0.39 is 0 Å². The maximum Gasteiger partial charge on any atom is 0.141 e. The van der Waals surface area contributed by atoms with Gasteiger partial charge in [0.15, 0.2) is 0 Å². The Morgan fingerprint density at radius 3 is 2.11 bits per heavy atom. The van der Waals surface area contributed by atoms with Crippen LogP contribution in [-0.4, -0.2) is 9.97 Å². The van der Waals surface area contributed by atoms with Gasteiger partial charge < -0.3 is 4.98 Å². The van der Waals surface area contributed by atoms with Crippen LogP contribution in [0.25, 0.3) is 33.9 Å². The average molecular weight is 393 g/mol. The van der Waals surface area contributed by atoms with Crippen molar-refractivity contribution in [1.82, 2.24) is 9.97 Å². The minimum atomic E-state index is 0.572. The fourth-order valence-corrected chi connectivity index (χ4v) is 3.70.